The fourth-order valence-electron chi connectivity index (χ4n) is 4.85. The largest absolute Gasteiger partial charge is 0.507 e. The van der Waals surface area contributed by atoms with Gasteiger partial charge in [-0.3, -0.25) is 14.4 Å². The zero-order chi connectivity index (χ0) is 19.4. The number of aliphatic hydroxyl groups is 2. The predicted molar refractivity (Wildman–Crippen MR) is 87.1 cm³/mol. The summed E-state index contributed by atoms with van der Waals surface area (Å²) in [7, 11) is 0. The summed E-state index contributed by atoms with van der Waals surface area (Å²) in [6.07, 6.45) is -2.09. The normalized spacial score (nSPS) is 42.3. The molecule has 5 atom stereocenters. The van der Waals surface area contributed by atoms with Gasteiger partial charge in [0.2, 0.25) is 17.4 Å². The Labute approximate surface area is 153 Å². The van der Waals surface area contributed by atoms with Gasteiger partial charge in [0.15, 0.2) is 23.1 Å². The Bertz CT molecular complexity index is 980. The zero-order valence-corrected chi connectivity index (χ0v) is 14.3. The summed E-state index contributed by atoms with van der Waals surface area (Å²) in [5.41, 5.74) is -4.91. The molecule has 3 aliphatic heterocycles. The number of hydrogen-bond donors (Lipinski definition) is 3. The summed E-state index contributed by atoms with van der Waals surface area (Å²) in [5, 5.41) is 32.3. The molecule has 8 nitrogen and oxygen atoms in total. The number of aromatic hydroxyl groups is 1. The van der Waals surface area contributed by atoms with E-state index < -0.39 is 52.3 Å². The monoisotopic (exact) mass is 372 g/mol. The average Bonchev–Trinajstić information content (AvgIpc) is 2.96. The Balaban J connectivity index is 1.84. The van der Waals surface area contributed by atoms with Crippen molar-refractivity contribution in [3.63, 3.8) is 0 Å². The summed E-state index contributed by atoms with van der Waals surface area (Å²) < 4.78 is 11.6. The number of ketones is 3. The first-order valence-corrected chi connectivity index (χ1v) is 8.60. The lowest BCUT2D eigenvalue weighted by atomic mass is 9.63. The van der Waals surface area contributed by atoms with Crippen LogP contribution in [0.1, 0.15) is 40.5 Å². The molecule has 1 aromatic rings. The van der Waals surface area contributed by atoms with Crippen molar-refractivity contribution in [2.24, 2.45) is 0 Å². The first-order chi connectivity index (χ1) is 12.7. The Morgan fingerprint density at radius 2 is 1.89 bits per heavy atom. The number of benzene rings is 1. The second-order valence-electron chi connectivity index (χ2n) is 7.56. The summed E-state index contributed by atoms with van der Waals surface area (Å²) >= 11 is 0. The maximum absolute atomic E-state index is 13.4. The van der Waals surface area contributed by atoms with Crippen molar-refractivity contribution in [2.75, 3.05) is 0 Å². The molecule has 2 fully saturated rings. The maximum atomic E-state index is 13.4. The molecular formula is C19H16O8. The van der Waals surface area contributed by atoms with Crippen molar-refractivity contribution in [1.82, 2.24) is 0 Å². The number of hydrogen-bond acceptors (Lipinski definition) is 8. The summed E-state index contributed by atoms with van der Waals surface area (Å²) in [5.74, 6) is -4.59. The predicted octanol–water partition coefficient (Wildman–Crippen LogP) is 0.0365. The number of aliphatic hydroxyl groups excluding tert-OH is 1. The van der Waals surface area contributed by atoms with E-state index in [4.69, 9.17) is 9.47 Å². The maximum Gasteiger partial charge on any atom is 0.202 e. The van der Waals surface area contributed by atoms with Crippen LogP contribution in [-0.2, 0) is 14.3 Å². The van der Waals surface area contributed by atoms with Crippen LogP contribution in [-0.4, -0.2) is 61.9 Å². The molecule has 3 bridgehead atoms. The van der Waals surface area contributed by atoms with E-state index in [-0.39, 0.29) is 29.5 Å². The van der Waals surface area contributed by atoms with Crippen molar-refractivity contribution in [1.29, 1.82) is 0 Å². The van der Waals surface area contributed by atoms with E-state index in [1.807, 2.05) is 0 Å². The molecule has 0 radical (unpaired) electrons. The molecule has 0 aromatic heterocycles. The summed E-state index contributed by atoms with van der Waals surface area (Å²) in [4.78, 5) is 39.4. The number of Topliss-reactive ketones (excluding diaryl/α,β-unsaturated/α-hetero) is 2. The van der Waals surface area contributed by atoms with Gasteiger partial charge >= 0.3 is 0 Å². The smallest absolute Gasteiger partial charge is 0.202 e. The van der Waals surface area contributed by atoms with E-state index in [0.717, 1.165) is 6.08 Å². The average molecular weight is 372 g/mol. The lowest BCUT2D eigenvalue weighted by Crippen LogP contribution is -2.77. The Kier molecular flexibility index (Phi) is 2.93. The van der Waals surface area contributed by atoms with Crippen LogP contribution >= 0.6 is 0 Å². The number of carbonyl (C=O) groups excluding carboxylic acids is 3. The quantitative estimate of drug-likeness (QED) is 0.582. The molecule has 140 valence electrons. The van der Waals surface area contributed by atoms with Crippen molar-refractivity contribution in [3.8, 4) is 5.75 Å². The Morgan fingerprint density at radius 3 is 2.63 bits per heavy atom. The molecule has 4 aliphatic rings. The highest BCUT2D eigenvalue weighted by molar-refractivity contribution is 6.25. The summed E-state index contributed by atoms with van der Waals surface area (Å²) in [6, 6.07) is 3.93. The standard InChI is InChI=1S/C19H16O8/c1-8-7-11(21)16-19(25)14(23)9-3-2-4-10(20)12(9)15(24)17(19)5-6-18(26-16,27-17)13(8)22/h2-4,7,13,16,20,22,25H,5-6H2,1H3/t13-,16+,17-,18+,19-/m0/s1. The molecule has 2 saturated heterocycles. The second-order valence-corrected chi connectivity index (χ2v) is 7.56. The second kappa shape index (κ2) is 4.71. The van der Waals surface area contributed by atoms with E-state index >= 15 is 0 Å². The van der Waals surface area contributed by atoms with E-state index in [1.165, 1.54) is 25.1 Å². The molecular weight excluding hydrogens is 356 g/mol. The fourth-order valence-corrected chi connectivity index (χ4v) is 4.85. The van der Waals surface area contributed by atoms with Crippen LogP contribution in [0.15, 0.2) is 29.8 Å². The highest BCUT2D eigenvalue weighted by Gasteiger charge is 2.79. The third kappa shape index (κ3) is 1.62. The molecule has 1 aromatic carbocycles. The highest BCUT2D eigenvalue weighted by atomic mass is 16.8. The molecule has 1 aliphatic carbocycles. The van der Waals surface area contributed by atoms with Gasteiger partial charge in [0.05, 0.1) is 5.56 Å². The van der Waals surface area contributed by atoms with Crippen molar-refractivity contribution < 1.29 is 39.2 Å². The van der Waals surface area contributed by atoms with Gasteiger partial charge in [-0.1, -0.05) is 12.1 Å². The molecule has 0 amide bonds. The first-order valence-electron chi connectivity index (χ1n) is 8.60. The Morgan fingerprint density at radius 1 is 1.15 bits per heavy atom. The van der Waals surface area contributed by atoms with Crippen molar-refractivity contribution in [2.45, 2.75) is 49.0 Å². The SMILES string of the molecule is CC1=CC(=O)[C@H]2O[C@@]3(CC[C@]4(O3)C(=O)c3c(O)cccc3C(=O)[C@]24O)[C@H]1O. The molecule has 27 heavy (non-hydrogen) atoms. The molecule has 2 spiro atoms. The van der Waals surface area contributed by atoms with Gasteiger partial charge in [0.25, 0.3) is 0 Å². The van der Waals surface area contributed by atoms with Gasteiger partial charge in [-0.05, 0) is 31.1 Å². The van der Waals surface area contributed by atoms with Crippen LogP contribution in [0, 0.1) is 0 Å². The van der Waals surface area contributed by atoms with Crippen LogP contribution in [0.25, 0.3) is 0 Å². The molecule has 3 heterocycles. The molecule has 3 N–H and O–H groups in total. The number of phenolic OH excluding ortho intramolecular Hbond substituents is 1. The van der Waals surface area contributed by atoms with Gasteiger partial charge in [-0.15, -0.1) is 0 Å². The van der Waals surface area contributed by atoms with E-state index in [1.54, 1.807) is 0 Å². The van der Waals surface area contributed by atoms with Crippen LogP contribution in [0.4, 0.5) is 0 Å². The number of fused-ring (bicyclic) bond motifs is 3. The van der Waals surface area contributed by atoms with Gasteiger partial charge in [-0.2, -0.15) is 0 Å². The van der Waals surface area contributed by atoms with E-state index in [9.17, 15) is 29.7 Å². The zero-order valence-electron chi connectivity index (χ0n) is 14.3. The van der Waals surface area contributed by atoms with Crippen molar-refractivity contribution in [3.05, 3.63) is 41.0 Å². The number of rotatable bonds is 0. The van der Waals surface area contributed by atoms with Gasteiger partial charge in [0.1, 0.15) is 11.9 Å². The van der Waals surface area contributed by atoms with Gasteiger partial charge < -0.3 is 24.8 Å². The van der Waals surface area contributed by atoms with E-state index in [2.05, 4.69) is 0 Å². The topological polar surface area (TPSA) is 130 Å². The number of carbonyl (C=O) groups is 3. The van der Waals surface area contributed by atoms with Crippen LogP contribution in [0.3, 0.4) is 0 Å². The first kappa shape index (κ1) is 16.8. The highest BCUT2D eigenvalue weighted by Crippen LogP contribution is 2.59. The number of phenols is 1. The third-order valence-corrected chi connectivity index (χ3v) is 6.19. The molecule has 0 saturated carbocycles. The summed E-state index contributed by atoms with van der Waals surface area (Å²) in [6.45, 7) is 1.51. The lowest BCUT2D eigenvalue weighted by molar-refractivity contribution is -0.361. The van der Waals surface area contributed by atoms with Crippen LogP contribution < -0.4 is 0 Å². The molecule has 0 unspecified atom stereocenters. The third-order valence-electron chi connectivity index (χ3n) is 6.19. The Hall–Kier alpha value is -2.39. The molecule has 8 heteroatoms. The van der Waals surface area contributed by atoms with Crippen LogP contribution in [0.5, 0.6) is 5.75 Å². The fraction of sp³-hybridized carbons (Fsp3) is 0.421. The number of ether oxygens (including phenoxy) is 2. The minimum absolute atomic E-state index is 0.00656. The lowest BCUT2D eigenvalue weighted by Gasteiger charge is -2.53. The van der Waals surface area contributed by atoms with Crippen LogP contribution in [0.2, 0.25) is 0 Å². The minimum Gasteiger partial charge on any atom is -0.507 e. The van der Waals surface area contributed by atoms with Gasteiger partial charge in [0, 0.05) is 12.0 Å². The minimum atomic E-state index is -2.59. The molecule has 5 rings (SSSR count). The van der Waals surface area contributed by atoms with E-state index in [0.29, 0.717) is 0 Å². The van der Waals surface area contributed by atoms with Gasteiger partial charge in [-0.25, -0.2) is 0 Å². The van der Waals surface area contributed by atoms with Crippen molar-refractivity contribution >= 4 is 17.3 Å².